The SMILES string of the molecule is Cc1ncccc1OC1CCC(NC(=O)c2ccn3ncnc3c2)CC1. The van der Waals surface area contributed by atoms with Crippen LogP contribution in [0.25, 0.3) is 5.65 Å². The van der Waals surface area contributed by atoms with Gasteiger partial charge in [-0.2, -0.15) is 5.10 Å². The van der Waals surface area contributed by atoms with Crippen LogP contribution >= 0.6 is 0 Å². The number of hydrogen-bond donors (Lipinski definition) is 1. The molecule has 1 N–H and O–H groups in total. The van der Waals surface area contributed by atoms with Crippen molar-refractivity contribution >= 4 is 11.6 Å². The maximum atomic E-state index is 12.5. The highest BCUT2D eigenvalue weighted by Gasteiger charge is 2.24. The number of pyridine rings is 2. The summed E-state index contributed by atoms with van der Waals surface area (Å²) in [5, 5.41) is 7.16. The normalized spacial score (nSPS) is 20.0. The lowest BCUT2D eigenvalue weighted by Gasteiger charge is -2.29. The topological polar surface area (TPSA) is 81.4 Å². The Balaban J connectivity index is 1.32. The van der Waals surface area contributed by atoms with Crippen molar-refractivity contribution in [2.45, 2.75) is 44.8 Å². The predicted octanol–water partition coefficient (Wildman–Crippen LogP) is 2.55. The van der Waals surface area contributed by atoms with Crippen LogP contribution in [0.1, 0.15) is 41.7 Å². The molecule has 134 valence electrons. The summed E-state index contributed by atoms with van der Waals surface area (Å²) in [5.41, 5.74) is 2.18. The Kier molecular flexibility index (Phi) is 4.51. The molecule has 1 aliphatic rings. The maximum absolute atomic E-state index is 12.5. The van der Waals surface area contributed by atoms with E-state index in [0.717, 1.165) is 37.1 Å². The standard InChI is InChI=1S/C19H21N5O2/c1-13-17(3-2-9-20-13)26-16-6-4-15(5-7-16)23-19(25)14-8-10-24-18(11-14)21-12-22-24/h2-3,8-12,15-16H,4-7H2,1H3,(H,23,25). The van der Waals surface area contributed by atoms with E-state index in [4.69, 9.17) is 4.74 Å². The molecule has 0 aliphatic heterocycles. The number of aromatic nitrogens is 4. The molecule has 7 nitrogen and oxygen atoms in total. The van der Waals surface area contributed by atoms with Gasteiger partial charge in [-0.25, -0.2) is 9.50 Å². The summed E-state index contributed by atoms with van der Waals surface area (Å²) >= 11 is 0. The molecule has 0 bridgehead atoms. The molecule has 1 amide bonds. The number of carbonyl (C=O) groups excluding carboxylic acids is 1. The monoisotopic (exact) mass is 351 g/mol. The number of rotatable bonds is 4. The largest absolute Gasteiger partial charge is 0.489 e. The Morgan fingerprint density at radius 2 is 2.08 bits per heavy atom. The summed E-state index contributed by atoms with van der Waals surface area (Å²) in [6.07, 6.45) is 8.82. The molecule has 0 saturated heterocycles. The Hall–Kier alpha value is -2.96. The van der Waals surface area contributed by atoms with Gasteiger partial charge in [-0.05, 0) is 56.9 Å². The average Bonchev–Trinajstić information content (AvgIpc) is 3.13. The van der Waals surface area contributed by atoms with Gasteiger partial charge in [0.2, 0.25) is 0 Å². The van der Waals surface area contributed by atoms with Crippen molar-refractivity contribution in [3.05, 3.63) is 54.2 Å². The lowest BCUT2D eigenvalue weighted by Crippen LogP contribution is -2.39. The van der Waals surface area contributed by atoms with Gasteiger partial charge in [-0.3, -0.25) is 9.78 Å². The Bertz CT molecular complexity index is 915. The number of fused-ring (bicyclic) bond motifs is 1. The minimum atomic E-state index is -0.0667. The van der Waals surface area contributed by atoms with E-state index in [1.54, 1.807) is 29.0 Å². The third kappa shape index (κ3) is 3.51. The Labute approximate surface area is 151 Å². The second-order valence-electron chi connectivity index (χ2n) is 6.63. The summed E-state index contributed by atoms with van der Waals surface area (Å²) in [4.78, 5) is 20.9. The highest BCUT2D eigenvalue weighted by Crippen LogP contribution is 2.25. The second-order valence-corrected chi connectivity index (χ2v) is 6.63. The first kappa shape index (κ1) is 16.5. The van der Waals surface area contributed by atoms with Crippen molar-refractivity contribution in [3.63, 3.8) is 0 Å². The van der Waals surface area contributed by atoms with Gasteiger partial charge >= 0.3 is 0 Å². The number of amides is 1. The van der Waals surface area contributed by atoms with Crippen molar-refractivity contribution in [2.75, 3.05) is 0 Å². The number of nitrogens with one attached hydrogen (secondary N) is 1. The van der Waals surface area contributed by atoms with Crippen molar-refractivity contribution in [1.29, 1.82) is 0 Å². The number of nitrogens with zero attached hydrogens (tertiary/aromatic N) is 4. The van der Waals surface area contributed by atoms with Crippen molar-refractivity contribution in [1.82, 2.24) is 24.9 Å². The van der Waals surface area contributed by atoms with Gasteiger partial charge in [-0.15, -0.1) is 0 Å². The molecule has 0 aromatic carbocycles. The molecule has 7 heteroatoms. The number of ether oxygens (including phenoxy) is 1. The molecule has 3 heterocycles. The molecule has 0 atom stereocenters. The van der Waals surface area contributed by atoms with E-state index < -0.39 is 0 Å². The van der Waals surface area contributed by atoms with Gasteiger partial charge in [0.15, 0.2) is 5.65 Å². The van der Waals surface area contributed by atoms with Crippen LogP contribution in [0.5, 0.6) is 5.75 Å². The molecule has 26 heavy (non-hydrogen) atoms. The first-order valence-corrected chi connectivity index (χ1v) is 8.87. The lowest BCUT2D eigenvalue weighted by molar-refractivity contribution is 0.0893. The minimum absolute atomic E-state index is 0.0667. The minimum Gasteiger partial charge on any atom is -0.489 e. The van der Waals surface area contributed by atoms with Crippen LogP contribution < -0.4 is 10.1 Å². The fraction of sp³-hybridized carbons (Fsp3) is 0.368. The fourth-order valence-corrected chi connectivity index (χ4v) is 3.32. The van der Waals surface area contributed by atoms with Crippen LogP contribution in [0, 0.1) is 6.92 Å². The van der Waals surface area contributed by atoms with E-state index in [-0.39, 0.29) is 18.1 Å². The van der Waals surface area contributed by atoms with Crippen LogP contribution in [-0.2, 0) is 0 Å². The predicted molar refractivity (Wildman–Crippen MR) is 96.1 cm³/mol. The first-order chi connectivity index (χ1) is 12.7. The zero-order valence-electron chi connectivity index (χ0n) is 14.6. The maximum Gasteiger partial charge on any atom is 0.251 e. The van der Waals surface area contributed by atoms with Gasteiger partial charge in [0, 0.05) is 24.0 Å². The fourth-order valence-electron chi connectivity index (χ4n) is 3.32. The van der Waals surface area contributed by atoms with Crippen LogP contribution in [0.4, 0.5) is 0 Å². The molecule has 0 radical (unpaired) electrons. The molecule has 1 fully saturated rings. The molecule has 4 rings (SSSR count). The van der Waals surface area contributed by atoms with E-state index in [9.17, 15) is 4.79 Å². The van der Waals surface area contributed by atoms with E-state index in [1.807, 2.05) is 19.1 Å². The number of aryl methyl sites for hydroxylation is 1. The molecule has 1 saturated carbocycles. The summed E-state index contributed by atoms with van der Waals surface area (Å²) < 4.78 is 7.71. The van der Waals surface area contributed by atoms with Crippen LogP contribution in [0.3, 0.4) is 0 Å². The van der Waals surface area contributed by atoms with E-state index >= 15 is 0 Å². The summed E-state index contributed by atoms with van der Waals surface area (Å²) in [7, 11) is 0. The summed E-state index contributed by atoms with van der Waals surface area (Å²) in [6.45, 7) is 1.95. The molecular weight excluding hydrogens is 330 g/mol. The number of hydrogen-bond acceptors (Lipinski definition) is 5. The number of carbonyl (C=O) groups is 1. The van der Waals surface area contributed by atoms with E-state index in [0.29, 0.717) is 11.2 Å². The molecule has 0 unspecified atom stereocenters. The average molecular weight is 351 g/mol. The molecular formula is C19H21N5O2. The summed E-state index contributed by atoms with van der Waals surface area (Å²) in [5.74, 6) is 0.782. The Morgan fingerprint density at radius 3 is 2.88 bits per heavy atom. The van der Waals surface area contributed by atoms with Crippen molar-refractivity contribution in [2.24, 2.45) is 0 Å². The quantitative estimate of drug-likeness (QED) is 0.781. The third-order valence-electron chi connectivity index (χ3n) is 4.80. The van der Waals surface area contributed by atoms with Crippen LogP contribution in [0.2, 0.25) is 0 Å². The molecule has 1 aliphatic carbocycles. The Morgan fingerprint density at radius 1 is 1.23 bits per heavy atom. The second kappa shape index (κ2) is 7.11. The van der Waals surface area contributed by atoms with Gasteiger partial charge in [0.25, 0.3) is 5.91 Å². The van der Waals surface area contributed by atoms with Crippen LogP contribution in [0.15, 0.2) is 43.0 Å². The van der Waals surface area contributed by atoms with E-state index in [1.165, 1.54) is 6.33 Å². The van der Waals surface area contributed by atoms with Gasteiger partial charge < -0.3 is 10.1 Å². The van der Waals surface area contributed by atoms with Gasteiger partial charge in [0.1, 0.15) is 12.1 Å². The molecule has 3 aromatic rings. The molecule has 0 spiro atoms. The van der Waals surface area contributed by atoms with Crippen molar-refractivity contribution in [3.8, 4) is 5.75 Å². The smallest absolute Gasteiger partial charge is 0.251 e. The summed E-state index contributed by atoms with van der Waals surface area (Å²) in [6, 6.07) is 7.53. The third-order valence-corrected chi connectivity index (χ3v) is 4.80. The highest BCUT2D eigenvalue weighted by atomic mass is 16.5. The zero-order chi connectivity index (χ0) is 17.9. The highest BCUT2D eigenvalue weighted by molar-refractivity contribution is 5.95. The first-order valence-electron chi connectivity index (χ1n) is 8.87. The van der Waals surface area contributed by atoms with Crippen molar-refractivity contribution < 1.29 is 9.53 Å². The lowest BCUT2D eigenvalue weighted by atomic mass is 9.92. The van der Waals surface area contributed by atoms with Gasteiger partial charge in [0.05, 0.1) is 11.8 Å². The van der Waals surface area contributed by atoms with E-state index in [2.05, 4.69) is 20.4 Å². The zero-order valence-corrected chi connectivity index (χ0v) is 14.6. The van der Waals surface area contributed by atoms with Crippen LogP contribution in [-0.4, -0.2) is 37.6 Å². The van der Waals surface area contributed by atoms with Gasteiger partial charge in [-0.1, -0.05) is 0 Å². The molecule has 3 aromatic heterocycles.